The number of aromatic amines is 1. The number of rotatable bonds is 2. The number of amides is 1. The average Bonchev–Trinajstić information content (AvgIpc) is 2.45. The lowest BCUT2D eigenvalue weighted by Gasteiger charge is -2.28. The fourth-order valence-electron chi connectivity index (χ4n) is 2.95. The molecule has 2 unspecified atom stereocenters. The van der Waals surface area contributed by atoms with Crippen LogP contribution in [0.15, 0.2) is 29.1 Å². The molecule has 3 N–H and O–H groups in total. The van der Waals surface area contributed by atoms with Crippen molar-refractivity contribution in [3.63, 3.8) is 0 Å². The van der Waals surface area contributed by atoms with Crippen molar-refractivity contribution in [1.29, 1.82) is 0 Å². The van der Waals surface area contributed by atoms with E-state index in [4.69, 9.17) is 0 Å². The number of aromatic nitrogens is 1. The summed E-state index contributed by atoms with van der Waals surface area (Å²) < 4.78 is 13.3. The average molecular weight is 303 g/mol. The minimum Gasteiger partial charge on any atom is -0.349 e. The van der Waals surface area contributed by atoms with E-state index in [9.17, 15) is 14.0 Å². The molecule has 22 heavy (non-hydrogen) atoms. The quantitative estimate of drug-likeness (QED) is 0.788. The molecule has 2 atom stereocenters. The van der Waals surface area contributed by atoms with Crippen molar-refractivity contribution in [2.45, 2.75) is 31.8 Å². The molecule has 0 aliphatic carbocycles. The first-order valence-corrected chi connectivity index (χ1v) is 7.40. The lowest BCUT2D eigenvalue weighted by atomic mass is 10.00. The van der Waals surface area contributed by atoms with Gasteiger partial charge in [0, 0.05) is 23.5 Å². The highest BCUT2D eigenvalue weighted by atomic mass is 19.1. The van der Waals surface area contributed by atoms with Gasteiger partial charge in [-0.25, -0.2) is 4.39 Å². The minimum absolute atomic E-state index is 0.0820. The van der Waals surface area contributed by atoms with Crippen LogP contribution in [0.5, 0.6) is 0 Å². The van der Waals surface area contributed by atoms with Crippen LogP contribution in [0.25, 0.3) is 10.9 Å². The van der Waals surface area contributed by atoms with Gasteiger partial charge in [0.1, 0.15) is 5.82 Å². The maximum atomic E-state index is 13.3. The maximum absolute atomic E-state index is 13.3. The summed E-state index contributed by atoms with van der Waals surface area (Å²) in [5, 5.41) is 6.84. The Bertz CT molecular complexity index is 772. The van der Waals surface area contributed by atoms with Crippen molar-refractivity contribution in [2.24, 2.45) is 0 Å². The van der Waals surface area contributed by atoms with Gasteiger partial charge in [0.25, 0.3) is 5.91 Å². The Balaban J connectivity index is 1.91. The number of hydrogen-bond acceptors (Lipinski definition) is 3. The number of pyridine rings is 1. The summed E-state index contributed by atoms with van der Waals surface area (Å²) >= 11 is 0. The second-order valence-electron chi connectivity index (χ2n) is 5.79. The summed E-state index contributed by atoms with van der Waals surface area (Å²) in [5.41, 5.74) is 0.197. The second kappa shape index (κ2) is 5.88. The van der Waals surface area contributed by atoms with Crippen LogP contribution in [0.1, 0.15) is 30.1 Å². The van der Waals surface area contributed by atoms with E-state index in [0.29, 0.717) is 16.9 Å². The Morgan fingerprint density at radius 1 is 1.36 bits per heavy atom. The zero-order valence-electron chi connectivity index (χ0n) is 12.3. The van der Waals surface area contributed by atoms with Crippen LogP contribution in [0, 0.1) is 5.82 Å². The number of benzene rings is 1. The Morgan fingerprint density at radius 3 is 2.95 bits per heavy atom. The topological polar surface area (TPSA) is 74.0 Å². The van der Waals surface area contributed by atoms with Gasteiger partial charge >= 0.3 is 0 Å². The fraction of sp³-hybridized carbons (Fsp3) is 0.375. The molecule has 0 saturated carbocycles. The molecule has 0 radical (unpaired) electrons. The third kappa shape index (κ3) is 3.01. The van der Waals surface area contributed by atoms with Gasteiger partial charge in [-0.2, -0.15) is 0 Å². The molecule has 6 heteroatoms. The molecule has 2 heterocycles. The van der Waals surface area contributed by atoms with Crippen molar-refractivity contribution < 1.29 is 9.18 Å². The number of carbonyl (C=O) groups excluding carboxylic acids is 1. The summed E-state index contributed by atoms with van der Waals surface area (Å²) in [6.45, 7) is 2.93. The third-order valence-electron chi connectivity index (χ3n) is 4.01. The van der Waals surface area contributed by atoms with Gasteiger partial charge in [-0.3, -0.25) is 9.59 Å². The van der Waals surface area contributed by atoms with Crippen LogP contribution in [-0.4, -0.2) is 29.5 Å². The number of halogens is 1. The first-order chi connectivity index (χ1) is 10.5. The molecule has 1 aromatic heterocycles. The third-order valence-corrected chi connectivity index (χ3v) is 4.01. The van der Waals surface area contributed by atoms with E-state index in [-0.39, 0.29) is 17.5 Å². The summed E-state index contributed by atoms with van der Waals surface area (Å²) in [7, 11) is 0. The van der Waals surface area contributed by atoms with Crippen molar-refractivity contribution in [3.8, 4) is 0 Å². The summed E-state index contributed by atoms with van der Waals surface area (Å²) in [6.07, 6.45) is 1.70. The minimum atomic E-state index is -0.451. The van der Waals surface area contributed by atoms with Crippen LogP contribution in [0.2, 0.25) is 0 Å². The van der Waals surface area contributed by atoms with E-state index < -0.39 is 11.4 Å². The van der Waals surface area contributed by atoms with Gasteiger partial charge in [-0.05, 0) is 44.5 Å². The molecule has 1 aliphatic rings. The first kappa shape index (κ1) is 14.7. The summed E-state index contributed by atoms with van der Waals surface area (Å²) in [4.78, 5) is 26.7. The monoisotopic (exact) mass is 303 g/mol. The van der Waals surface area contributed by atoms with Gasteiger partial charge < -0.3 is 15.6 Å². The standard InChI is InChI=1S/C16H18FN3O2/c1-9-6-11(4-5-18-9)19-16(22)13-8-15(21)20-14-7-10(17)2-3-12(13)14/h2-3,7-9,11,18H,4-6H2,1H3,(H,19,22)(H,20,21). The van der Waals surface area contributed by atoms with E-state index in [2.05, 4.69) is 22.5 Å². The van der Waals surface area contributed by atoms with Crippen LogP contribution < -0.4 is 16.2 Å². The second-order valence-corrected chi connectivity index (χ2v) is 5.79. The van der Waals surface area contributed by atoms with Crippen molar-refractivity contribution in [3.05, 3.63) is 46.0 Å². The molecule has 0 bridgehead atoms. The number of fused-ring (bicyclic) bond motifs is 1. The van der Waals surface area contributed by atoms with Crippen LogP contribution >= 0.6 is 0 Å². The molecule has 1 aromatic carbocycles. The van der Waals surface area contributed by atoms with E-state index in [1.54, 1.807) is 0 Å². The Morgan fingerprint density at radius 2 is 2.18 bits per heavy atom. The number of H-pyrrole nitrogens is 1. The number of piperidine rings is 1. The maximum Gasteiger partial charge on any atom is 0.252 e. The van der Waals surface area contributed by atoms with E-state index in [0.717, 1.165) is 19.4 Å². The number of hydrogen-bond donors (Lipinski definition) is 3. The normalized spacial score (nSPS) is 21.7. The Labute approximate surface area is 126 Å². The molecular formula is C16H18FN3O2. The highest BCUT2D eigenvalue weighted by molar-refractivity contribution is 6.06. The molecule has 1 saturated heterocycles. The van der Waals surface area contributed by atoms with Gasteiger partial charge in [0.05, 0.1) is 11.1 Å². The van der Waals surface area contributed by atoms with Gasteiger partial charge in [0.15, 0.2) is 0 Å². The lowest BCUT2D eigenvalue weighted by Crippen LogP contribution is -2.46. The largest absolute Gasteiger partial charge is 0.349 e. The van der Waals surface area contributed by atoms with Crippen molar-refractivity contribution >= 4 is 16.8 Å². The van der Waals surface area contributed by atoms with E-state index in [1.807, 2.05) is 0 Å². The SMILES string of the molecule is CC1CC(NC(=O)c2cc(=O)[nH]c3cc(F)ccc23)CCN1. The summed E-state index contributed by atoms with van der Waals surface area (Å²) in [6, 6.07) is 5.72. The number of carbonyl (C=O) groups is 1. The van der Waals surface area contributed by atoms with Crippen molar-refractivity contribution in [2.75, 3.05) is 6.54 Å². The first-order valence-electron chi connectivity index (χ1n) is 7.40. The van der Waals surface area contributed by atoms with Gasteiger partial charge in [0.2, 0.25) is 5.56 Å². The lowest BCUT2D eigenvalue weighted by molar-refractivity contribution is 0.0927. The molecule has 3 rings (SSSR count). The highest BCUT2D eigenvalue weighted by Gasteiger charge is 2.21. The van der Waals surface area contributed by atoms with Gasteiger partial charge in [-0.15, -0.1) is 0 Å². The molecule has 116 valence electrons. The zero-order valence-corrected chi connectivity index (χ0v) is 12.3. The fourth-order valence-corrected chi connectivity index (χ4v) is 2.95. The molecule has 2 aromatic rings. The Hall–Kier alpha value is -2.21. The highest BCUT2D eigenvalue weighted by Crippen LogP contribution is 2.17. The van der Waals surface area contributed by atoms with Crippen molar-refractivity contribution in [1.82, 2.24) is 15.6 Å². The molecule has 1 fully saturated rings. The molecule has 0 spiro atoms. The smallest absolute Gasteiger partial charge is 0.252 e. The Kier molecular flexibility index (Phi) is 3.94. The zero-order chi connectivity index (χ0) is 15.7. The predicted octanol–water partition coefficient (Wildman–Crippen LogP) is 1.54. The van der Waals surface area contributed by atoms with Gasteiger partial charge in [-0.1, -0.05) is 0 Å². The summed E-state index contributed by atoms with van der Waals surface area (Å²) in [5.74, 6) is -0.741. The van der Waals surface area contributed by atoms with Crippen LogP contribution in [-0.2, 0) is 0 Å². The van der Waals surface area contributed by atoms with Crippen LogP contribution in [0.4, 0.5) is 4.39 Å². The molecular weight excluding hydrogens is 285 g/mol. The molecule has 1 amide bonds. The molecule has 1 aliphatic heterocycles. The van der Waals surface area contributed by atoms with E-state index in [1.165, 1.54) is 24.3 Å². The predicted molar refractivity (Wildman–Crippen MR) is 82.5 cm³/mol. The van der Waals surface area contributed by atoms with Crippen LogP contribution in [0.3, 0.4) is 0 Å². The molecule has 5 nitrogen and oxygen atoms in total. The number of nitrogens with one attached hydrogen (secondary N) is 3. The van der Waals surface area contributed by atoms with E-state index >= 15 is 0 Å².